The van der Waals surface area contributed by atoms with Gasteiger partial charge in [0.1, 0.15) is 5.75 Å². The van der Waals surface area contributed by atoms with Crippen LogP contribution in [0.5, 0.6) is 5.75 Å². The van der Waals surface area contributed by atoms with E-state index < -0.39 is 0 Å². The van der Waals surface area contributed by atoms with E-state index in [0.29, 0.717) is 18.4 Å². The van der Waals surface area contributed by atoms with Crippen molar-refractivity contribution in [3.63, 3.8) is 0 Å². The molecule has 0 saturated heterocycles. The number of carbonyl (C=O) groups excluding carboxylic acids is 1. The standard InChI is InChI=1S/C36H46N2O2/c1-27-13-11-20-36(2,3)35(27)31(25-33(29-15-6-4-7-16-29)30-17-8-5-9-18-30)26-38-21-12-22-40-32-19-10-14-28(23-32)24-34(37)39/h4-10,14-19,23,31,33,38H,11-13,20-22,24-26H2,1-3H3,(H2,37,39). The first-order valence-corrected chi connectivity index (χ1v) is 14.8. The number of ether oxygens (including phenoxy) is 1. The Morgan fingerprint density at radius 2 is 1.65 bits per heavy atom. The third-order valence-electron chi connectivity index (χ3n) is 8.31. The van der Waals surface area contributed by atoms with Crippen molar-refractivity contribution >= 4 is 5.91 Å². The Morgan fingerprint density at radius 3 is 2.27 bits per heavy atom. The van der Waals surface area contributed by atoms with Crippen LogP contribution in [0.15, 0.2) is 96.1 Å². The van der Waals surface area contributed by atoms with Crippen LogP contribution in [0.25, 0.3) is 0 Å². The summed E-state index contributed by atoms with van der Waals surface area (Å²) >= 11 is 0. The number of primary amides is 1. The molecular formula is C36H46N2O2. The lowest BCUT2D eigenvalue weighted by Crippen LogP contribution is -2.34. The molecule has 3 aromatic rings. The first-order valence-electron chi connectivity index (χ1n) is 14.8. The van der Waals surface area contributed by atoms with Crippen LogP contribution >= 0.6 is 0 Å². The summed E-state index contributed by atoms with van der Waals surface area (Å²) in [5, 5.41) is 3.80. The summed E-state index contributed by atoms with van der Waals surface area (Å²) < 4.78 is 5.98. The number of benzene rings is 3. The number of carbonyl (C=O) groups is 1. The van der Waals surface area contributed by atoms with Gasteiger partial charge in [-0.25, -0.2) is 0 Å². The number of rotatable bonds is 14. The van der Waals surface area contributed by atoms with Gasteiger partial charge in [-0.1, -0.05) is 97.8 Å². The molecule has 0 heterocycles. The molecule has 0 spiro atoms. The zero-order chi connectivity index (χ0) is 28.4. The van der Waals surface area contributed by atoms with Gasteiger partial charge >= 0.3 is 0 Å². The zero-order valence-electron chi connectivity index (χ0n) is 24.5. The molecule has 3 N–H and O–H groups in total. The first kappa shape index (κ1) is 29.6. The van der Waals surface area contributed by atoms with Crippen LogP contribution in [0.1, 0.15) is 75.5 Å². The third-order valence-corrected chi connectivity index (χ3v) is 8.31. The van der Waals surface area contributed by atoms with Gasteiger partial charge in [-0.15, -0.1) is 0 Å². The van der Waals surface area contributed by atoms with Crippen LogP contribution in [0.2, 0.25) is 0 Å². The van der Waals surface area contributed by atoms with E-state index >= 15 is 0 Å². The van der Waals surface area contributed by atoms with E-state index in [2.05, 4.69) is 86.8 Å². The second kappa shape index (κ2) is 14.3. The van der Waals surface area contributed by atoms with Gasteiger partial charge in [-0.2, -0.15) is 0 Å². The van der Waals surface area contributed by atoms with E-state index in [1.165, 1.54) is 30.4 Å². The normalized spacial score (nSPS) is 15.7. The molecule has 1 amide bonds. The summed E-state index contributed by atoms with van der Waals surface area (Å²) in [5.41, 5.74) is 12.5. The van der Waals surface area contributed by atoms with E-state index in [4.69, 9.17) is 10.5 Å². The summed E-state index contributed by atoms with van der Waals surface area (Å²) in [6, 6.07) is 29.7. The van der Waals surface area contributed by atoms with Crippen molar-refractivity contribution in [2.24, 2.45) is 17.1 Å². The Kier molecular flexibility index (Phi) is 10.6. The van der Waals surface area contributed by atoms with Gasteiger partial charge in [0.05, 0.1) is 13.0 Å². The average Bonchev–Trinajstić information content (AvgIpc) is 2.93. The Hall–Kier alpha value is -3.37. The van der Waals surface area contributed by atoms with Gasteiger partial charge in [0, 0.05) is 12.5 Å². The van der Waals surface area contributed by atoms with Crippen LogP contribution in [0, 0.1) is 11.3 Å². The van der Waals surface area contributed by atoms with E-state index in [-0.39, 0.29) is 17.7 Å². The van der Waals surface area contributed by atoms with Crippen molar-refractivity contribution < 1.29 is 9.53 Å². The molecule has 40 heavy (non-hydrogen) atoms. The predicted octanol–water partition coefficient (Wildman–Crippen LogP) is 7.44. The monoisotopic (exact) mass is 538 g/mol. The van der Waals surface area contributed by atoms with E-state index in [1.807, 2.05) is 24.3 Å². The molecule has 0 radical (unpaired) electrons. The van der Waals surface area contributed by atoms with E-state index in [9.17, 15) is 4.79 Å². The third kappa shape index (κ3) is 8.32. The molecule has 1 atom stereocenters. The van der Waals surface area contributed by atoms with Crippen molar-refractivity contribution in [2.45, 2.75) is 65.2 Å². The zero-order valence-corrected chi connectivity index (χ0v) is 24.5. The second-order valence-corrected chi connectivity index (χ2v) is 11.9. The molecule has 0 aliphatic heterocycles. The molecule has 1 unspecified atom stereocenters. The van der Waals surface area contributed by atoms with Gasteiger partial charge in [-0.3, -0.25) is 4.79 Å². The fourth-order valence-electron chi connectivity index (χ4n) is 6.58. The van der Waals surface area contributed by atoms with Crippen LogP contribution in [-0.2, 0) is 11.2 Å². The highest BCUT2D eigenvalue weighted by Gasteiger charge is 2.35. The molecule has 4 nitrogen and oxygen atoms in total. The van der Waals surface area contributed by atoms with Crippen molar-refractivity contribution in [1.29, 1.82) is 0 Å². The van der Waals surface area contributed by atoms with Crippen molar-refractivity contribution in [1.82, 2.24) is 5.32 Å². The maximum Gasteiger partial charge on any atom is 0.221 e. The lowest BCUT2D eigenvalue weighted by Gasteiger charge is -2.40. The summed E-state index contributed by atoms with van der Waals surface area (Å²) in [6.45, 7) is 9.73. The molecule has 3 aromatic carbocycles. The summed E-state index contributed by atoms with van der Waals surface area (Å²) in [6.07, 6.45) is 5.97. The van der Waals surface area contributed by atoms with Gasteiger partial charge in [0.15, 0.2) is 0 Å². The predicted molar refractivity (Wildman–Crippen MR) is 165 cm³/mol. The fourth-order valence-corrected chi connectivity index (χ4v) is 6.58. The maximum atomic E-state index is 11.2. The Morgan fingerprint density at radius 1 is 0.975 bits per heavy atom. The van der Waals surface area contributed by atoms with Crippen molar-refractivity contribution in [3.8, 4) is 5.75 Å². The lowest BCUT2D eigenvalue weighted by molar-refractivity contribution is -0.117. The lowest BCUT2D eigenvalue weighted by atomic mass is 9.65. The van der Waals surface area contributed by atoms with Gasteiger partial charge in [0.2, 0.25) is 5.91 Å². The quantitative estimate of drug-likeness (QED) is 0.166. The Balaban J connectivity index is 1.44. The molecular weight excluding hydrogens is 492 g/mol. The highest BCUT2D eigenvalue weighted by molar-refractivity contribution is 5.76. The van der Waals surface area contributed by atoms with Crippen LogP contribution in [-0.4, -0.2) is 25.6 Å². The molecule has 1 aliphatic carbocycles. The van der Waals surface area contributed by atoms with Crippen molar-refractivity contribution in [3.05, 3.63) is 113 Å². The number of allylic oxidation sites excluding steroid dienone is 1. The molecule has 0 saturated carbocycles. The minimum atomic E-state index is -0.329. The highest BCUT2D eigenvalue weighted by atomic mass is 16.5. The number of nitrogens with two attached hydrogens (primary N) is 1. The van der Waals surface area contributed by atoms with Gasteiger partial charge in [-0.05, 0) is 85.7 Å². The Bertz CT molecular complexity index is 1210. The van der Waals surface area contributed by atoms with Crippen LogP contribution in [0.3, 0.4) is 0 Å². The minimum absolute atomic E-state index is 0.214. The molecule has 0 bridgehead atoms. The van der Waals surface area contributed by atoms with Gasteiger partial charge < -0.3 is 15.8 Å². The number of hydrogen-bond acceptors (Lipinski definition) is 3. The SMILES string of the molecule is CC1=C(C(CNCCCOc2cccc(CC(N)=O)c2)CC(c2ccccc2)c2ccccc2)C(C)(C)CCC1. The molecule has 0 aromatic heterocycles. The maximum absolute atomic E-state index is 11.2. The highest BCUT2D eigenvalue weighted by Crippen LogP contribution is 2.46. The molecule has 4 rings (SSSR count). The van der Waals surface area contributed by atoms with Gasteiger partial charge in [0.25, 0.3) is 0 Å². The Labute approximate surface area is 241 Å². The first-order chi connectivity index (χ1) is 19.3. The van der Waals surface area contributed by atoms with Crippen LogP contribution < -0.4 is 15.8 Å². The summed E-state index contributed by atoms with van der Waals surface area (Å²) in [7, 11) is 0. The molecule has 4 heteroatoms. The number of hydrogen-bond donors (Lipinski definition) is 2. The van der Waals surface area contributed by atoms with Crippen LogP contribution in [0.4, 0.5) is 0 Å². The number of nitrogens with one attached hydrogen (secondary N) is 1. The largest absolute Gasteiger partial charge is 0.494 e. The topological polar surface area (TPSA) is 64.3 Å². The fraction of sp³-hybridized carbons (Fsp3) is 0.417. The summed E-state index contributed by atoms with van der Waals surface area (Å²) in [5.74, 6) is 1.26. The smallest absolute Gasteiger partial charge is 0.221 e. The molecule has 212 valence electrons. The number of amides is 1. The second-order valence-electron chi connectivity index (χ2n) is 11.9. The average molecular weight is 539 g/mol. The molecule has 1 aliphatic rings. The van der Waals surface area contributed by atoms with E-state index in [1.54, 1.807) is 11.1 Å². The minimum Gasteiger partial charge on any atom is -0.494 e. The van der Waals surface area contributed by atoms with Crippen molar-refractivity contribution in [2.75, 3.05) is 19.7 Å². The molecule has 0 fully saturated rings. The summed E-state index contributed by atoms with van der Waals surface area (Å²) in [4.78, 5) is 11.2. The van der Waals surface area contributed by atoms with E-state index in [0.717, 1.165) is 37.2 Å².